The Morgan fingerprint density at radius 3 is 2.25 bits per heavy atom. The number of unbranched alkanes of at least 4 members (excludes halogenated alkanes) is 1. The third-order valence-corrected chi connectivity index (χ3v) is 9.84. The summed E-state index contributed by atoms with van der Waals surface area (Å²) in [4.78, 5) is 32.3. The molecule has 1 unspecified atom stereocenters. The van der Waals surface area contributed by atoms with E-state index in [1.165, 1.54) is 10.9 Å². The molecule has 3 N–H and O–H groups in total. The Labute approximate surface area is 315 Å². The van der Waals surface area contributed by atoms with Crippen molar-refractivity contribution in [2.45, 2.75) is 57.7 Å². The van der Waals surface area contributed by atoms with E-state index in [9.17, 15) is 9.59 Å². The van der Waals surface area contributed by atoms with Crippen molar-refractivity contribution in [2.75, 3.05) is 26.2 Å². The van der Waals surface area contributed by atoms with Gasteiger partial charge in [-0.25, -0.2) is 0 Å². The molecule has 1 atom stereocenters. The number of carbonyl (C=O) groups is 2. The standard InChI is InChI=1S/C43H48N4O2.2ClH/c1-32(36-16-11-17-38(30-36)40-18-7-8-19-41(40)43(49)45-25-10-9-24-44)47(39-22-26-46(27-23-39)31-33-12-3-2-4-13-33)42(48)29-34-20-21-35-14-5-6-15-37(35)28-34;;/h2-8,11-21,28,30,32,39H,9-10,22-27,29,31,44H2,1H3,(H,45,49);2*1H. The minimum atomic E-state index is -0.143. The van der Waals surface area contributed by atoms with Crippen LogP contribution in [0, 0.1) is 0 Å². The van der Waals surface area contributed by atoms with E-state index < -0.39 is 0 Å². The lowest BCUT2D eigenvalue weighted by Crippen LogP contribution is -2.48. The number of nitrogens with two attached hydrogens (primary N) is 1. The van der Waals surface area contributed by atoms with Crippen LogP contribution in [-0.4, -0.2) is 53.8 Å². The Balaban J connectivity index is 0.00000292. The predicted molar refractivity (Wildman–Crippen MR) is 215 cm³/mol. The van der Waals surface area contributed by atoms with Crippen molar-refractivity contribution >= 4 is 47.4 Å². The third kappa shape index (κ3) is 10.2. The Morgan fingerprint density at radius 2 is 1.49 bits per heavy atom. The van der Waals surface area contributed by atoms with Gasteiger partial charge in [0.25, 0.3) is 5.91 Å². The van der Waals surface area contributed by atoms with E-state index in [2.05, 4.69) is 101 Å². The van der Waals surface area contributed by atoms with Crippen molar-refractivity contribution in [3.05, 3.63) is 144 Å². The number of fused-ring (bicyclic) bond motifs is 1. The maximum Gasteiger partial charge on any atom is 0.251 e. The smallest absolute Gasteiger partial charge is 0.251 e. The second-order valence-corrected chi connectivity index (χ2v) is 13.3. The van der Waals surface area contributed by atoms with Crippen LogP contribution in [-0.2, 0) is 17.8 Å². The fourth-order valence-electron chi connectivity index (χ4n) is 7.17. The quantitative estimate of drug-likeness (QED) is 0.119. The molecular formula is C43H50Cl2N4O2. The van der Waals surface area contributed by atoms with E-state index in [4.69, 9.17) is 5.73 Å². The summed E-state index contributed by atoms with van der Waals surface area (Å²) in [5.41, 5.74) is 11.6. The number of hydrogen-bond acceptors (Lipinski definition) is 4. The molecule has 0 aliphatic carbocycles. The van der Waals surface area contributed by atoms with E-state index in [1.54, 1.807) is 0 Å². The van der Waals surface area contributed by atoms with Gasteiger partial charge in [0.15, 0.2) is 0 Å². The van der Waals surface area contributed by atoms with E-state index in [-0.39, 0.29) is 48.7 Å². The molecule has 1 fully saturated rings. The molecule has 6 rings (SSSR count). The normalized spacial score (nSPS) is 13.8. The first kappa shape index (κ1) is 39.6. The Hall–Kier alpha value is -4.20. The molecule has 1 aliphatic heterocycles. The lowest BCUT2D eigenvalue weighted by Gasteiger charge is -2.42. The summed E-state index contributed by atoms with van der Waals surface area (Å²) in [7, 11) is 0. The van der Waals surface area contributed by atoms with Crippen molar-refractivity contribution in [1.82, 2.24) is 15.1 Å². The third-order valence-electron chi connectivity index (χ3n) is 9.84. The molecule has 1 heterocycles. The predicted octanol–water partition coefficient (Wildman–Crippen LogP) is 8.62. The zero-order valence-corrected chi connectivity index (χ0v) is 31.0. The van der Waals surface area contributed by atoms with Crippen molar-refractivity contribution in [2.24, 2.45) is 5.73 Å². The van der Waals surface area contributed by atoms with Crippen molar-refractivity contribution in [3.8, 4) is 11.1 Å². The van der Waals surface area contributed by atoms with Gasteiger partial charge in [0.1, 0.15) is 0 Å². The van der Waals surface area contributed by atoms with Gasteiger partial charge in [-0.2, -0.15) is 0 Å². The number of likely N-dealkylation sites (tertiary alicyclic amines) is 1. The topological polar surface area (TPSA) is 78.7 Å². The van der Waals surface area contributed by atoms with Crippen LogP contribution in [0.3, 0.4) is 0 Å². The summed E-state index contributed by atoms with van der Waals surface area (Å²) in [6, 6.07) is 41.4. The summed E-state index contributed by atoms with van der Waals surface area (Å²) in [6.07, 6.45) is 3.93. The fraction of sp³-hybridized carbons (Fsp3) is 0.302. The number of rotatable bonds is 13. The Kier molecular flexibility index (Phi) is 15.1. The Bertz CT molecular complexity index is 1860. The van der Waals surface area contributed by atoms with Crippen LogP contribution < -0.4 is 11.1 Å². The number of amides is 2. The molecule has 5 aromatic carbocycles. The number of nitrogens with zero attached hydrogens (tertiary/aromatic N) is 2. The van der Waals surface area contributed by atoms with Gasteiger partial charge in [0, 0.05) is 37.8 Å². The zero-order valence-electron chi connectivity index (χ0n) is 29.4. The molecule has 8 heteroatoms. The average Bonchev–Trinajstić information content (AvgIpc) is 3.14. The molecule has 0 saturated carbocycles. The fourth-order valence-corrected chi connectivity index (χ4v) is 7.17. The Morgan fingerprint density at radius 1 is 0.784 bits per heavy atom. The molecule has 2 amide bonds. The number of carbonyl (C=O) groups excluding carboxylic acids is 2. The van der Waals surface area contributed by atoms with Crippen molar-refractivity contribution < 1.29 is 9.59 Å². The molecule has 1 aliphatic rings. The van der Waals surface area contributed by atoms with Gasteiger partial charge in [0.2, 0.25) is 5.91 Å². The summed E-state index contributed by atoms with van der Waals surface area (Å²) in [6.45, 7) is 6.19. The minimum Gasteiger partial charge on any atom is -0.352 e. The molecular weight excluding hydrogens is 675 g/mol. The van der Waals surface area contributed by atoms with Crippen LogP contribution in [0.25, 0.3) is 21.9 Å². The second kappa shape index (κ2) is 19.4. The lowest BCUT2D eigenvalue weighted by atomic mass is 9.93. The van der Waals surface area contributed by atoms with Gasteiger partial charge in [-0.05, 0) is 89.9 Å². The summed E-state index contributed by atoms with van der Waals surface area (Å²) >= 11 is 0. The monoisotopic (exact) mass is 724 g/mol. The van der Waals surface area contributed by atoms with Gasteiger partial charge in [0.05, 0.1) is 12.5 Å². The van der Waals surface area contributed by atoms with Crippen molar-refractivity contribution in [3.63, 3.8) is 0 Å². The van der Waals surface area contributed by atoms with E-state index in [0.29, 0.717) is 25.1 Å². The van der Waals surface area contributed by atoms with Gasteiger partial charge in [-0.1, -0.05) is 109 Å². The molecule has 1 saturated heterocycles. The molecule has 0 spiro atoms. The number of hydrogen-bond donors (Lipinski definition) is 2. The highest BCUT2D eigenvalue weighted by molar-refractivity contribution is 6.01. The van der Waals surface area contributed by atoms with Gasteiger partial charge in [-0.3, -0.25) is 14.5 Å². The zero-order chi connectivity index (χ0) is 34.0. The largest absolute Gasteiger partial charge is 0.352 e. The average molecular weight is 726 g/mol. The summed E-state index contributed by atoms with van der Waals surface area (Å²) < 4.78 is 0. The second-order valence-electron chi connectivity index (χ2n) is 13.3. The molecule has 5 aromatic rings. The highest BCUT2D eigenvalue weighted by Gasteiger charge is 2.32. The summed E-state index contributed by atoms with van der Waals surface area (Å²) in [5, 5.41) is 5.39. The molecule has 0 bridgehead atoms. The maximum absolute atomic E-state index is 14.4. The first-order valence-electron chi connectivity index (χ1n) is 17.7. The van der Waals surface area contributed by atoms with Gasteiger partial charge in [-0.15, -0.1) is 24.8 Å². The van der Waals surface area contributed by atoms with Gasteiger partial charge >= 0.3 is 0 Å². The van der Waals surface area contributed by atoms with Crippen molar-refractivity contribution in [1.29, 1.82) is 0 Å². The molecule has 268 valence electrons. The van der Waals surface area contributed by atoms with Crippen LogP contribution in [0.5, 0.6) is 0 Å². The van der Waals surface area contributed by atoms with Gasteiger partial charge < -0.3 is 16.0 Å². The SMILES string of the molecule is CC(c1cccc(-c2ccccc2C(=O)NCCCCN)c1)N(C(=O)Cc1ccc2ccccc2c1)C1CCN(Cc2ccccc2)CC1.Cl.Cl. The number of nitrogens with one attached hydrogen (secondary N) is 1. The lowest BCUT2D eigenvalue weighted by molar-refractivity contribution is -0.136. The van der Waals surface area contributed by atoms with E-state index in [1.807, 2.05) is 42.5 Å². The van der Waals surface area contributed by atoms with Crippen LogP contribution in [0.15, 0.2) is 121 Å². The number of benzene rings is 5. The summed E-state index contributed by atoms with van der Waals surface area (Å²) in [5.74, 6) is 0.0625. The van der Waals surface area contributed by atoms with Crippen LogP contribution in [0.4, 0.5) is 0 Å². The molecule has 6 nitrogen and oxygen atoms in total. The highest BCUT2D eigenvalue weighted by Crippen LogP contribution is 2.33. The van der Waals surface area contributed by atoms with Crippen LogP contribution >= 0.6 is 24.8 Å². The van der Waals surface area contributed by atoms with Crippen LogP contribution in [0.1, 0.15) is 65.7 Å². The molecule has 0 radical (unpaired) electrons. The minimum absolute atomic E-state index is 0. The number of halogens is 2. The maximum atomic E-state index is 14.4. The van der Waals surface area contributed by atoms with Crippen LogP contribution in [0.2, 0.25) is 0 Å². The molecule has 51 heavy (non-hydrogen) atoms. The first-order valence-corrected chi connectivity index (χ1v) is 17.7. The molecule has 0 aromatic heterocycles. The first-order chi connectivity index (χ1) is 24.0. The van der Waals surface area contributed by atoms with E-state index in [0.717, 1.165) is 73.0 Å². The highest BCUT2D eigenvalue weighted by atomic mass is 35.5. The number of piperidine rings is 1. The van der Waals surface area contributed by atoms with E-state index >= 15 is 0 Å².